The first kappa shape index (κ1) is 22.5. The number of aromatic nitrogens is 3. The van der Waals surface area contributed by atoms with Gasteiger partial charge in [-0.2, -0.15) is 5.10 Å². The number of hydrogen-bond donors (Lipinski definition) is 0. The normalized spacial score (nSPS) is 19.1. The van der Waals surface area contributed by atoms with E-state index in [0.717, 1.165) is 37.1 Å². The van der Waals surface area contributed by atoms with Crippen LogP contribution in [0.4, 0.5) is 0 Å². The Hall–Kier alpha value is -3.32. The average Bonchev–Trinajstić information content (AvgIpc) is 3.46. The largest absolute Gasteiger partial charge is 0.376 e. The predicted molar refractivity (Wildman–Crippen MR) is 129 cm³/mol. The molecule has 1 atom stereocenters. The number of nitrogens with zero attached hydrogens (tertiary/aromatic N) is 4. The molecule has 1 amide bonds. The number of benzene rings is 1. The van der Waals surface area contributed by atoms with Crippen molar-refractivity contribution in [2.75, 3.05) is 20.2 Å². The zero-order chi connectivity index (χ0) is 23.9. The van der Waals surface area contributed by atoms with E-state index in [1.807, 2.05) is 30.3 Å². The van der Waals surface area contributed by atoms with Crippen LogP contribution in [-0.2, 0) is 11.2 Å². The number of rotatable bonds is 5. The lowest BCUT2D eigenvalue weighted by atomic mass is 9.75. The first-order valence-corrected chi connectivity index (χ1v) is 11.9. The number of likely N-dealkylation sites (N-methyl/N-ethyl adjacent to an activating group) is 1. The van der Waals surface area contributed by atoms with E-state index >= 15 is 0 Å². The van der Waals surface area contributed by atoms with Crippen molar-refractivity contribution in [3.05, 3.63) is 65.5 Å². The van der Waals surface area contributed by atoms with Gasteiger partial charge in [-0.05, 0) is 36.8 Å². The number of ketones is 1. The van der Waals surface area contributed by atoms with Gasteiger partial charge in [-0.3, -0.25) is 9.59 Å². The average molecular weight is 459 g/mol. The summed E-state index contributed by atoms with van der Waals surface area (Å²) in [6.45, 7) is 5.55. The monoisotopic (exact) mass is 458 g/mol. The minimum atomic E-state index is -0.156. The van der Waals surface area contributed by atoms with Crippen molar-refractivity contribution in [3.8, 4) is 17.1 Å². The van der Waals surface area contributed by atoms with Crippen LogP contribution >= 0.6 is 0 Å². The summed E-state index contributed by atoms with van der Waals surface area (Å²) in [7, 11) is 1.79. The molecule has 3 aromatic rings. The van der Waals surface area contributed by atoms with Crippen molar-refractivity contribution in [3.63, 3.8) is 0 Å². The molecule has 1 aliphatic heterocycles. The van der Waals surface area contributed by atoms with Crippen molar-refractivity contribution in [1.82, 2.24) is 19.7 Å². The van der Waals surface area contributed by atoms with E-state index in [9.17, 15) is 9.59 Å². The van der Waals surface area contributed by atoms with E-state index in [-0.39, 0.29) is 23.2 Å². The third-order valence-corrected chi connectivity index (χ3v) is 6.65. The molecule has 1 aliphatic carbocycles. The lowest BCUT2D eigenvalue weighted by molar-refractivity contribution is 0.0586. The standard InChI is InChI=1S/C27H30N4O3/c1-27(2)14-21-24(22(32)15-27)25(18-8-5-4-6-9-18)29-31(21)23-12-11-19(16-28-23)26(33)30(3)17-20-10-7-13-34-20/h4-6,8-9,11-12,16,20H,7,10,13-15,17H2,1-3H3. The second kappa shape index (κ2) is 8.80. The molecule has 0 N–H and O–H groups in total. The minimum absolute atomic E-state index is 0.0849. The summed E-state index contributed by atoms with van der Waals surface area (Å²) in [4.78, 5) is 32.3. The molecule has 0 saturated carbocycles. The summed E-state index contributed by atoms with van der Waals surface area (Å²) >= 11 is 0. The topological polar surface area (TPSA) is 77.3 Å². The van der Waals surface area contributed by atoms with Gasteiger partial charge < -0.3 is 9.64 Å². The highest BCUT2D eigenvalue weighted by molar-refractivity contribution is 6.04. The molecule has 5 rings (SSSR count). The van der Waals surface area contributed by atoms with Gasteiger partial charge in [-0.1, -0.05) is 44.2 Å². The quantitative estimate of drug-likeness (QED) is 0.568. The van der Waals surface area contributed by atoms with E-state index < -0.39 is 0 Å². The first-order chi connectivity index (χ1) is 16.3. The molecular formula is C27H30N4O3. The molecule has 0 spiro atoms. The van der Waals surface area contributed by atoms with Gasteiger partial charge in [-0.25, -0.2) is 9.67 Å². The molecule has 1 unspecified atom stereocenters. The Morgan fingerprint density at radius 3 is 2.65 bits per heavy atom. The summed E-state index contributed by atoms with van der Waals surface area (Å²) in [5.41, 5.74) is 3.52. The molecule has 0 radical (unpaired) electrons. The fraction of sp³-hybridized carbons (Fsp3) is 0.407. The van der Waals surface area contributed by atoms with Gasteiger partial charge in [0, 0.05) is 38.4 Å². The van der Waals surface area contributed by atoms with Crippen molar-refractivity contribution in [2.24, 2.45) is 5.41 Å². The number of Topliss-reactive ketones (excluding diaryl/α,β-unsaturated/α-hetero) is 1. The Labute approximate surface area is 199 Å². The fourth-order valence-electron chi connectivity index (χ4n) is 4.97. The molecule has 3 heterocycles. The third kappa shape index (κ3) is 4.28. The highest BCUT2D eigenvalue weighted by Crippen LogP contribution is 2.39. The van der Waals surface area contributed by atoms with E-state index in [1.165, 1.54) is 0 Å². The van der Waals surface area contributed by atoms with Crippen LogP contribution in [0.1, 0.15) is 59.5 Å². The second-order valence-electron chi connectivity index (χ2n) is 10.1. The Balaban J connectivity index is 1.48. The molecule has 2 aromatic heterocycles. The van der Waals surface area contributed by atoms with E-state index in [4.69, 9.17) is 9.84 Å². The molecule has 7 nitrogen and oxygen atoms in total. The van der Waals surface area contributed by atoms with Gasteiger partial charge in [0.2, 0.25) is 0 Å². The lowest BCUT2D eigenvalue weighted by Crippen LogP contribution is -2.34. The second-order valence-corrected chi connectivity index (χ2v) is 10.1. The number of amides is 1. The van der Waals surface area contributed by atoms with E-state index in [1.54, 1.807) is 35.0 Å². The van der Waals surface area contributed by atoms with Crippen LogP contribution in [0.2, 0.25) is 0 Å². The van der Waals surface area contributed by atoms with Crippen LogP contribution in [-0.4, -0.2) is 57.7 Å². The fourth-order valence-corrected chi connectivity index (χ4v) is 4.97. The summed E-state index contributed by atoms with van der Waals surface area (Å²) in [6, 6.07) is 13.4. The van der Waals surface area contributed by atoms with Gasteiger partial charge in [0.05, 0.1) is 22.9 Å². The predicted octanol–water partition coefficient (Wildman–Crippen LogP) is 4.34. The van der Waals surface area contributed by atoms with Crippen LogP contribution in [0, 0.1) is 5.41 Å². The molecule has 1 saturated heterocycles. The highest BCUT2D eigenvalue weighted by atomic mass is 16.5. The van der Waals surface area contributed by atoms with E-state index in [0.29, 0.717) is 35.6 Å². The Morgan fingerprint density at radius 1 is 1.18 bits per heavy atom. The highest BCUT2D eigenvalue weighted by Gasteiger charge is 2.37. The van der Waals surface area contributed by atoms with Crippen molar-refractivity contribution in [2.45, 2.75) is 45.6 Å². The number of pyridine rings is 1. The Kier molecular flexibility index (Phi) is 5.81. The number of carbonyl (C=O) groups is 2. The smallest absolute Gasteiger partial charge is 0.255 e. The number of fused-ring (bicyclic) bond motifs is 1. The Bertz CT molecular complexity index is 1210. The maximum Gasteiger partial charge on any atom is 0.255 e. The molecule has 1 fully saturated rings. The zero-order valence-corrected chi connectivity index (χ0v) is 20.0. The van der Waals surface area contributed by atoms with Gasteiger partial charge >= 0.3 is 0 Å². The summed E-state index contributed by atoms with van der Waals surface area (Å²) in [6.07, 6.45) is 4.94. The first-order valence-electron chi connectivity index (χ1n) is 11.9. The van der Waals surface area contributed by atoms with Crippen molar-refractivity contribution >= 4 is 11.7 Å². The van der Waals surface area contributed by atoms with Crippen LogP contribution in [0.5, 0.6) is 0 Å². The number of carbonyl (C=O) groups excluding carboxylic acids is 2. The Morgan fingerprint density at radius 2 is 1.97 bits per heavy atom. The minimum Gasteiger partial charge on any atom is -0.376 e. The van der Waals surface area contributed by atoms with Crippen LogP contribution in [0.15, 0.2) is 48.7 Å². The van der Waals surface area contributed by atoms with E-state index in [2.05, 4.69) is 18.8 Å². The molecule has 176 valence electrons. The zero-order valence-electron chi connectivity index (χ0n) is 20.0. The lowest BCUT2D eigenvalue weighted by Gasteiger charge is -2.29. The van der Waals surface area contributed by atoms with Gasteiger partial charge in [0.15, 0.2) is 11.6 Å². The molecule has 7 heteroatoms. The van der Waals surface area contributed by atoms with Crippen molar-refractivity contribution in [1.29, 1.82) is 0 Å². The van der Waals surface area contributed by atoms with Gasteiger partial charge in [0.25, 0.3) is 5.91 Å². The van der Waals surface area contributed by atoms with Crippen LogP contribution in [0.25, 0.3) is 17.1 Å². The third-order valence-electron chi connectivity index (χ3n) is 6.65. The van der Waals surface area contributed by atoms with Crippen LogP contribution < -0.4 is 0 Å². The molecule has 0 bridgehead atoms. The molecule has 1 aromatic carbocycles. The summed E-state index contributed by atoms with van der Waals surface area (Å²) < 4.78 is 7.43. The maximum absolute atomic E-state index is 13.2. The molecule has 2 aliphatic rings. The molecule has 34 heavy (non-hydrogen) atoms. The number of ether oxygens (including phenoxy) is 1. The van der Waals surface area contributed by atoms with Gasteiger partial charge in [-0.15, -0.1) is 0 Å². The van der Waals surface area contributed by atoms with Gasteiger partial charge in [0.1, 0.15) is 5.69 Å². The van der Waals surface area contributed by atoms with Crippen molar-refractivity contribution < 1.29 is 14.3 Å². The summed E-state index contributed by atoms with van der Waals surface area (Å²) in [5.74, 6) is 0.625. The summed E-state index contributed by atoms with van der Waals surface area (Å²) in [5, 5.41) is 4.85. The molecular weight excluding hydrogens is 428 g/mol. The number of hydrogen-bond acceptors (Lipinski definition) is 5. The SMILES string of the molecule is CN(CC1CCCO1)C(=O)c1ccc(-n2nc(-c3ccccc3)c3c2CC(C)(C)CC3=O)nc1. The van der Waals surface area contributed by atoms with Crippen LogP contribution in [0.3, 0.4) is 0 Å². The maximum atomic E-state index is 13.2.